The molecule has 16 heteroatoms. The summed E-state index contributed by atoms with van der Waals surface area (Å²) in [6, 6.07) is 8.46. The van der Waals surface area contributed by atoms with E-state index in [1.54, 1.807) is 34.5 Å². The number of aryl methyl sites for hydroxylation is 1. The summed E-state index contributed by atoms with van der Waals surface area (Å²) in [4.78, 5) is 17.2. The molecule has 2 fully saturated rings. The van der Waals surface area contributed by atoms with Gasteiger partial charge in [-0.25, -0.2) is 19.6 Å². The molecule has 51 heavy (non-hydrogen) atoms. The van der Waals surface area contributed by atoms with Crippen LogP contribution < -0.4 is 14.8 Å². The number of tetrazole rings is 1. The highest BCUT2D eigenvalue weighted by molar-refractivity contribution is 7.11. The molecule has 266 valence electrons. The van der Waals surface area contributed by atoms with E-state index in [0.29, 0.717) is 48.0 Å². The SMILES string of the molecule is Cc1ncc(COc2nn(C3CCC(N4C[C@@H](C)O[C@@H](C)C4)CC3)cc2Nc2ncc(-c3ccc(C#N)c(OC(C)Cn4cnnn4)c3)cn2)s1. The molecule has 1 aliphatic heterocycles. The monoisotopic (exact) mass is 710 g/mol. The maximum Gasteiger partial charge on any atom is 0.257 e. The van der Waals surface area contributed by atoms with E-state index in [9.17, 15) is 5.26 Å². The fraction of sp³-hybridized carbons (Fsp3) is 0.486. The number of aromatic nitrogens is 9. The number of thiazole rings is 1. The quantitative estimate of drug-likeness (QED) is 0.176. The van der Waals surface area contributed by atoms with E-state index in [2.05, 4.69) is 60.6 Å². The first-order chi connectivity index (χ1) is 24.8. The third kappa shape index (κ3) is 8.50. The standard InChI is InChI=1S/C35H42N12O3S/c1-22-16-45(17-23(2)49-22)29-7-9-30(10-8-29)47-19-32(34(42-47)48-20-31-15-37-25(4)51-31)41-35-38-13-28(14-39-35)26-5-6-27(12-36)33(11-26)50-24(3)18-46-21-40-43-44-46/h5-6,11,13-15,19,21-24,29-30H,7-10,16-18,20H2,1-4H3,(H,38,39,41)/t22-,23+,24?,29?,30?. The Kier molecular flexibility index (Phi) is 10.5. The average molecular weight is 711 g/mol. The van der Waals surface area contributed by atoms with Crippen molar-refractivity contribution in [3.63, 3.8) is 0 Å². The van der Waals surface area contributed by atoms with E-state index in [1.807, 2.05) is 43.1 Å². The highest BCUT2D eigenvalue weighted by Crippen LogP contribution is 2.36. The zero-order valence-electron chi connectivity index (χ0n) is 29.2. The van der Waals surface area contributed by atoms with Crippen LogP contribution in [-0.4, -0.2) is 87.3 Å². The van der Waals surface area contributed by atoms with Gasteiger partial charge >= 0.3 is 0 Å². The molecule has 1 aliphatic carbocycles. The number of hydrogen-bond acceptors (Lipinski definition) is 14. The average Bonchev–Trinajstić information content (AvgIpc) is 3.89. The third-order valence-electron chi connectivity index (χ3n) is 9.22. The minimum Gasteiger partial charge on any atom is -0.487 e. The van der Waals surface area contributed by atoms with Crippen LogP contribution in [0.25, 0.3) is 11.1 Å². The van der Waals surface area contributed by atoms with Crippen LogP contribution in [0.5, 0.6) is 11.6 Å². The molecule has 0 amide bonds. The minimum atomic E-state index is -0.274. The van der Waals surface area contributed by atoms with Gasteiger partial charge in [0.25, 0.3) is 5.88 Å². The Morgan fingerprint density at radius 3 is 2.49 bits per heavy atom. The molecule has 0 spiro atoms. The van der Waals surface area contributed by atoms with Crippen molar-refractivity contribution < 1.29 is 14.2 Å². The van der Waals surface area contributed by atoms with E-state index >= 15 is 0 Å². The summed E-state index contributed by atoms with van der Waals surface area (Å²) in [5, 5.41) is 30.2. The van der Waals surface area contributed by atoms with Crippen LogP contribution in [0.4, 0.5) is 11.6 Å². The number of nitrogens with zero attached hydrogens (tertiary/aromatic N) is 11. The smallest absolute Gasteiger partial charge is 0.257 e. The summed E-state index contributed by atoms with van der Waals surface area (Å²) >= 11 is 1.61. The number of morpholine rings is 1. The van der Waals surface area contributed by atoms with Gasteiger partial charge in [-0.3, -0.25) is 9.58 Å². The van der Waals surface area contributed by atoms with Crippen LogP contribution in [0.2, 0.25) is 0 Å². The molecule has 5 heterocycles. The maximum absolute atomic E-state index is 9.69. The van der Waals surface area contributed by atoms with E-state index in [-0.39, 0.29) is 24.4 Å². The Balaban J connectivity index is 1.05. The Bertz CT molecular complexity index is 1920. The molecule has 0 radical (unpaired) electrons. The van der Waals surface area contributed by atoms with Crippen LogP contribution in [-0.2, 0) is 17.9 Å². The predicted octanol–water partition coefficient (Wildman–Crippen LogP) is 5.35. The topological polar surface area (TPSA) is 167 Å². The summed E-state index contributed by atoms with van der Waals surface area (Å²) in [6.07, 6.45) is 13.4. The molecule has 0 bridgehead atoms. The van der Waals surface area contributed by atoms with Crippen LogP contribution in [0.3, 0.4) is 0 Å². The Labute approximate surface area is 300 Å². The molecule has 1 saturated carbocycles. The molecule has 1 saturated heterocycles. The molecular formula is C35H42N12O3S. The summed E-state index contributed by atoms with van der Waals surface area (Å²) in [5.41, 5.74) is 2.72. The summed E-state index contributed by atoms with van der Waals surface area (Å²) < 4.78 is 22.0. The molecule has 1 aromatic carbocycles. The van der Waals surface area contributed by atoms with Gasteiger partial charge in [0.2, 0.25) is 5.95 Å². The molecule has 2 aliphatic rings. The molecule has 5 aromatic rings. The highest BCUT2D eigenvalue weighted by Gasteiger charge is 2.32. The zero-order chi connectivity index (χ0) is 35.3. The number of ether oxygens (including phenoxy) is 3. The molecular weight excluding hydrogens is 669 g/mol. The van der Waals surface area contributed by atoms with Gasteiger partial charge in [-0.05, 0) is 81.5 Å². The third-order valence-corrected chi connectivity index (χ3v) is 10.1. The Morgan fingerprint density at radius 1 is 1.04 bits per heavy atom. The molecule has 3 atom stereocenters. The molecule has 15 nitrogen and oxygen atoms in total. The van der Waals surface area contributed by atoms with Crippen molar-refractivity contribution in [2.75, 3.05) is 18.4 Å². The summed E-state index contributed by atoms with van der Waals surface area (Å²) in [6.45, 7) is 11.0. The van der Waals surface area contributed by atoms with Crippen LogP contribution in [0, 0.1) is 18.3 Å². The van der Waals surface area contributed by atoms with Crippen molar-refractivity contribution >= 4 is 23.0 Å². The van der Waals surface area contributed by atoms with Gasteiger partial charge < -0.3 is 19.5 Å². The number of nitrogens with one attached hydrogen (secondary N) is 1. The van der Waals surface area contributed by atoms with Crippen molar-refractivity contribution in [2.45, 2.75) is 96.9 Å². The molecule has 1 N–H and O–H groups in total. The van der Waals surface area contributed by atoms with Crippen molar-refractivity contribution in [3.05, 3.63) is 64.8 Å². The van der Waals surface area contributed by atoms with Gasteiger partial charge in [-0.2, -0.15) is 5.26 Å². The number of hydrogen-bond donors (Lipinski definition) is 1. The first kappa shape index (κ1) is 34.5. The number of rotatable bonds is 12. The Morgan fingerprint density at radius 2 is 1.80 bits per heavy atom. The van der Waals surface area contributed by atoms with Gasteiger partial charge in [-0.15, -0.1) is 21.5 Å². The van der Waals surface area contributed by atoms with Gasteiger partial charge in [0, 0.05) is 43.3 Å². The van der Waals surface area contributed by atoms with Gasteiger partial charge in [0.1, 0.15) is 36.5 Å². The minimum absolute atomic E-state index is 0.267. The number of nitriles is 1. The second-order valence-corrected chi connectivity index (χ2v) is 14.7. The van der Waals surface area contributed by atoms with Crippen molar-refractivity contribution in [3.8, 4) is 28.8 Å². The van der Waals surface area contributed by atoms with Crippen LogP contribution >= 0.6 is 11.3 Å². The predicted molar refractivity (Wildman–Crippen MR) is 190 cm³/mol. The van der Waals surface area contributed by atoms with E-state index in [0.717, 1.165) is 59.8 Å². The molecule has 1 unspecified atom stereocenters. The lowest BCUT2D eigenvalue weighted by molar-refractivity contribution is -0.0852. The molecule has 4 aromatic heterocycles. The first-order valence-electron chi connectivity index (χ1n) is 17.3. The second kappa shape index (κ2) is 15.5. The lowest BCUT2D eigenvalue weighted by Crippen LogP contribution is -2.51. The van der Waals surface area contributed by atoms with Crippen LogP contribution in [0.1, 0.15) is 67.9 Å². The van der Waals surface area contributed by atoms with Gasteiger partial charge in [0.15, 0.2) is 0 Å². The lowest BCUT2D eigenvalue weighted by atomic mass is 9.89. The van der Waals surface area contributed by atoms with Crippen molar-refractivity contribution in [1.29, 1.82) is 5.26 Å². The fourth-order valence-corrected chi connectivity index (χ4v) is 7.61. The van der Waals surface area contributed by atoms with E-state index in [1.165, 1.54) is 6.33 Å². The Hall–Kier alpha value is -4.98. The van der Waals surface area contributed by atoms with Crippen molar-refractivity contribution in [2.24, 2.45) is 0 Å². The van der Waals surface area contributed by atoms with Crippen molar-refractivity contribution in [1.82, 2.24) is 49.8 Å². The second-order valence-electron chi connectivity index (χ2n) is 13.3. The zero-order valence-corrected chi connectivity index (χ0v) is 30.0. The largest absolute Gasteiger partial charge is 0.487 e. The molecule has 7 rings (SSSR count). The van der Waals surface area contributed by atoms with E-state index in [4.69, 9.17) is 19.3 Å². The first-order valence-corrected chi connectivity index (χ1v) is 18.1. The normalized spacial score (nSPS) is 21.5. The lowest BCUT2D eigenvalue weighted by Gasteiger charge is -2.42. The van der Waals surface area contributed by atoms with Gasteiger partial charge in [-0.1, -0.05) is 6.07 Å². The number of anilines is 2. The fourth-order valence-electron chi connectivity index (χ4n) is 6.91. The van der Waals surface area contributed by atoms with E-state index < -0.39 is 0 Å². The highest BCUT2D eigenvalue weighted by atomic mass is 32.1. The summed E-state index contributed by atoms with van der Waals surface area (Å²) in [5.74, 6) is 1.37. The maximum atomic E-state index is 9.69. The summed E-state index contributed by atoms with van der Waals surface area (Å²) in [7, 11) is 0. The van der Waals surface area contributed by atoms with Gasteiger partial charge in [0.05, 0.1) is 46.4 Å². The van der Waals surface area contributed by atoms with Crippen LogP contribution in [0.15, 0.2) is 49.3 Å². The number of benzene rings is 1.